The molecule has 0 atom stereocenters. The first-order valence-corrected chi connectivity index (χ1v) is 18.2. The topological polar surface area (TPSA) is 191 Å². The number of rotatable bonds is 7. The summed E-state index contributed by atoms with van der Waals surface area (Å²) in [5.41, 5.74) is 14.1. The van der Waals surface area contributed by atoms with E-state index in [1.54, 1.807) is 62.7 Å². The maximum Gasteiger partial charge on any atom is 0.329 e. The third kappa shape index (κ3) is 7.63. The van der Waals surface area contributed by atoms with Gasteiger partial charge in [-0.25, -0.2) is 9.59 Å². The number of benzene rings is 4. The Morgan fingerprint density at radius 2 is 1.16 bits per heavy atom. The van der Waals surface area contributed by atoms with Gasteiger partial charge in [-0.15, -0.1) is 0 Å². The molecule has 1 fully saturated rings. The number of hydrogen-bond acceptors (Lipinski definition) is 9. The highest BCUT2D eigenvalue weighted by molar-refractivity contribution is 5.93. The van der Waals surface area contributed by atoms with Gasteiger partial charge in [0, 0.05) is 70.9 Å². The summed E-state index contributed by atoms with van der Waals surface area (Å²) in [4.78, 5) is 36.8. The van der Waals surface area contributed by atoms with Crippen LogP contribution in [0.3, 0.4) is 0 Å². The van der Waals surface area contributed by atoms with Gasteiger partial charge in [-0.05, 0) is 41.5 Å². The van der Waals surface area contributed by atoms with Crippen molar-refractivity contribution in [3.8, 4) is 22.5 Å². The van der Waals surface area contributed by atoms with Crippen molar-refractivity contribution in [1.82, 2.24) is 43.1 Å². The molecule has 9 rings (SSSR count). The molecule has 1 saturated heterocycles. The van der Waals surface area contributed by atoms with Crippen molar-refractivity contribution < 1.29 is 10.0 Å². The van der Waals surface area contributed by atoms with E-state index in [9.17, 15) is 19.7 Å². The number of β-amino-alcohol motifs (C(OH)–C–C–N with tert-alkyl or cyclic N) is 1. The van der Waals surface area contributed by atoms with Gasteiger partial charge in [0.05, 0.1) is 57.7 Å². The summed E-state index contributed by atoms with van der Waals surface area (Å²) >= 11 is 0. The minimum atomic E-state index is -0.450. The van der Waals surface area contributed by atoms with Gasteiger partial charge < -0.3 is 16.2 Å². The first-order chi connectivity index (χ1) is 27.4. The second-order valence-electron chi connectivity index (χ2n) is 13.9. The number of non-ortho nitro benzene ring substituents is 1. The molecule has 4 N–H and O–H groups in total. The van der Waals surface area contributed by atoms with E-state index in [-0.39, 0.29) is 23.2 Å². The van der Waals surface area contributed by atoms with Crippen LogP contribution < -0.4 is 22.4 Å². The van der Waals surface area contributed by atoms with E-state index < -0.39 is 4.92 Å². The molecule has 0 radical (unpaired) electrons. The Balaban J connectivity index is 0.000000155. The number of fused-ring (bicyclic) bond motifs is 2. The van der Waals surface area contributed by atoms with Crippen LogP contribution >= 0.6 is 0 Å². The van der Waals surface area contributed by atoms with Gasteiger partial charge in [0.2, 0.25) is 0 Å². The van der Waals surface area contributed by atoms with E-state index in [1.807, 2.05) is 92.0 Å². The lowest BCUT2D eigenvalue weighted by atomic mass is 10.1. The standard InChI is InChI=1S/C19H17N5O3.C19H19N5O.C3H7NO/c1-21-18-16(23(19(21)25)12-13-6-4-3-5-7-13)10-14(11-17(18)24(26)27)15-8-9-20-22(15)2;1-22-18-15(20)10-14(16-8-9-21-23(16)2)11-17(18)24(19(22)25)12-13-6-4-3-5-7-13;5-3-1-4-2-3/h3-11H,12H2,1-2H3;3-11H,12,20H2,1-2H3;3-5H,1-2H2. The number of aromatic nitrogens is 8. The maximum absolute atomic E-state index is 12.8. The number of anilines is 1. The third-order valence-corrected chi connectivity index (χ3v) is 10.0. The lowest BCUT2D eigenvalue weighted by molar-refractivity contribution is -0.383. The molecule has 1 aliphatic rings. The van der Waals surface area contributed by atoms with E-state index in [2.05, 4.69) is 15.5 Å². The van der Waals surface area contributed by atoms with Crippen LogP contribution in [0.25, 0.3) is 44.6 Å². The Labute approximate surface area is 326 Å². The number of nitrogens with two attached hydrogens (primary N) is 1. The summed E-state index contributed by atoms with van der Waals surface area (Å²) in [7, 11) is 6.97. The molecule has 0 amide bonds. The number of nitrogen functional groups attached to an aromatic ring is 1. The van der Waals surface area contributed by atoms with Gasteiger partial charge in [-0.1, -0.05) is 60.7 Å². The summed E-state index contributed by atoms with van der Waals surface area (Å²) in [6.45, 7) is 2.42. The van der Waals surface area contributed by atoms with E-state index >= 15 is 0 Å². The van der Waals surface area contributed by atoms with E-state index in [1.165, 1.54) is 10.6 Å². The molecule has 4 aromatic heterocycles. The van der Waals surface area contributed by atoms with Gasteiger partial charge in [0.1, 0.15) is 5.52 Å². The normalized spacial score (nSPS) is 12.5. The zero-order valence-electron chi connectivity index (χ0n) is 32.0. The molecule has 0 aliphatic carbocycles. The van der Waals surface area contributed by atoms with Crippen LogP contribution in [0.1, 0.15) is 11.1 Å². The Bertz CT molecular complexity index is 2820. The van der Waals surface area contributed by atoms with E-state index in [0.29, 0.717) is 35.4 Å². The Morgan fingerprint density at radius 1 is 0.719 bits per heavy atom. The van der Waals surface area contributed by atoms with Gasteiger partial charge in [0.25, 0.3) is 5.69 Å². The maximum atomic E-state index is 12.8. The van der Waals surface area contributed by atoms with Gasteiger partial charge in [0.15, 0.2) is 0 Å². The lowest BCUT2D eigenvalue weighted by Gasteiger charge is -2.20. The molecule has 0 unspecified atom stereocenters. The Hall–Kier alpha value is -7.04. The monoisotopic (exact) mass is 769 g/mol. The second-order valence-corrected chi connectivity index (χ2v) is 13.9. The molecular formula is C41H43N11O5. The second kappa shape index (κ2) is 16.0. The van der Waals surface area contributed by atoms with Crippen LogP contribution in [0.5, 0.6) is 0 Å². The molecule has 0 saturated carbocycles. The van der Waals surface area contributed by atoms with Gasteiger partial charge in [-0.3, -0.25) is 37.7 Å². The predicted octanol–water partition coefficient (Wildman–Crippen LogP) is 4.02. The zero-order valence-corrected chi connectivity index (χ0v) is 32.0. The summed E-state index contributed by atoms with van der Waals surface area (Å²) in [5, 5.41) is 31.4. The number of hydrogen-bond donors (Lipinski definition) is 3. The van der Waals surface area contributed by atoms with Crippen LogP contribution in [0.15, 0.2) is 119 Å². The van der Waals surface area contributed by atoms with Crippen LogP contribution in [-0.2, 0) is 41.3 Å². The summed E-state index contributed by atoms with van der Waals surface area (Å²) in [5.74, 6) is 0. The molecule has 16 heteroatoms. The van der Waals surface area contributed by atoms with E-state index in [0.717, 1.165) is 52.2 Å². The highest BCUT2D eigenvalue weighted by Gasteiger charge is 2.24. The highest BCUT2D eigenvalue weighted by Crippen LogP contribution is 2.32. The predicted molar refractivity (Wildman–Crippen MR) is 220 cm³/mol. The van der Waals surface area contributed by atoms with Crippen LogP contribution in [-0.4, -0.2) is 67.1 Å². The highest BCUT2D eigenvalue weighted by atomic mass is 16.6. The summed E-state index contributed by atoms with van der Waals surface area (Å²) < 4.78 is 9.72. The number of nitrogens with one attached hydrogen (secondary N) is 1. The SMILES string of the molecule is Cn1nccc1-c1cc(N)c2c(c1)n(Cc1ccccc1)c(=O)n2C.Cn1nccc1-c1cc([N+](=O)[O-])c2c(c1)n(Cc1ccccc1)c(=O)n2C.OC1CNC1. The molecule has 292 valence electrons. The Morgan fingerprint density at radius 3 is 1.56 bits per heavy atom. The van der Waals surface area contributed by atoms with Crippen LogP contribution in [0, 0.1) is 10.1 Å². The number of nitro groups is 1. The lowest BCUT2D eigenvalue weighted by Crippen LogP contribution is -2.46. The van der Waals surface area contributed by atoms with Crippen molar-refractivity contribution in [2.24, 2.45) is 28.2 Å². The van der Waals surface area contributed by atoms with Crippen LogP contribution in [0.4, 0.5) is 11.4 Å². The number of aliphatic hydroxyl groups is 1. The van der Waals surface area contributed by atoms with Crippen molar-refractivity contribution in [2.45, 2.75) is 19.2 Å². The third-order valence-electron chi connectivity index (χ3n) is 10.0. The Kier molecular flexibility index (Phi) is 10.7. The molecule has 0 spiro atoms. The number of nitro benzene ring substituents is 1. The van der Waals surface area contributed by atoms with Crippen molar-refractivity contribution in [3.63, 3.8) is 0 Å². The fourth-order valence-electron chi connectivity index (χ4n) is 6.99. The quantitative estimate of drug-likeness (QED) is 0.122. The van der Waals surface area contributed by atoms with Crippen molar-refractivity contribution in [2.75, 3.05) is 18.8 Å². The average molecular weight is 770 g/mol. The smallest absolute Gasteiger partial charge is 0.329 e. The first kappa shape index (κ1) is 38.2. The van der Waals surface area contributed by atoms with Crippen LogP contribution in [0.2, 0.25) is 0 Å². The average Bonchev–Trinajstić information content (AvgIpc) is 3.95. The largest absolute Gasteiger partial charge is 0.397 e. The number of imidazole rings is 2. The number of aliphatic hydroxyl groups excluding tert-OH is 1. The summed E-state index contributed by atoms with van der Waals surface area (Å²) in [6.07, 6.45) is 3.33. The zero-order chi connectivity index (χ0) is 40.4. The minimum Gasteiger partial charge on any atom is -0.397 e. The fraction of sp³-hybridized carbons (Fsp3) is 0.220. The molecular weight excluding hydrogens is 727 g/mol. The molecule has 8 aromatic rings. The molecule has 16 nitrogen and oxygen atoms in total. The van der Waals surface area contributed by atoms with Crippen molar-refractivity contribution >= 4 is 33.4 Å². The fourth-order valence-corrected chi connectivity index (χ4v) is 6.99. The first-order valence-electron chi connectivity index (χ1n) is 18.2. The molecule has 0 bridgehead atoms. The minimum absolute atomic E-state index is 0.0463. The molecule has 5 heterocycles. The number of aryl methyl sites for hydroxylation is 4. The molecule has 57 heavy (non-hydrogen) atoms. The van der Waals surface area contributed by atoms with Crippen molar-refractivity contribution in [3.05, 3.63) is 152 Å². The van der Waals surface area contributed by atoms with E-state index in [4.69, 9.17) is 10.8 Å². The molecule has 4 aromatic carbocycles. The molecule has 1 aliphatic heterocycles. The van der Waals surface area contributed by atoms with Gasteiger partial charge >= 0.3 is 11.4 Å². The summed E-state index contributed by atoms with van der Waals surface area (Å²) in [6, 6.07) is 30.4. The van der Waals surface area contributed by atoms with Crippen molar-refractivity contribution in [1.29, 1.82) is 0 Å². The van der Waals surface area contributed by atoms with Gasteiger partial charge in [-0.2, -0.15) is 10.2 Å². The number of nitrogens with zero attached hydrogens (tertiary/aromatic N) is 9.